The van der Waals surface area contributed by atoms with Crippen molar-refractivity contribution in [3.63, 3.8) is 0 Å². The van der Waals surface area contributed by atoms with E-state index in [2.05, 4.69) is 30.1 Å². The van der Waals surface area contributed by atoms with E-state index in [0.717, 1.165) is 10.6 Å². The molecule has 0 fully saturated rings. The second kappa shape index (κ2) is 3.42. The van der Waals surface area contributed by atoms with E-state index in [1.165, 1.54) is 22.5 Å². The number of aromatic hydroxyl groups is 1. The van der Waals surface area contributed by atoms with Crippen molar-refractivity contribution in [3.8, 4) is 16.5 Å². The van der Waals surface area contributed by atoms with Gasteiger partial charge in [-0.2, -0.15) is 0 Å². The van der Waals surface area contributed by atoms with E-state index in [1.807, 2.05) is 6.92 Å². The smallest absolute Gasteiger partial charge is 0.222 e. The van der Waals surface area contributed by atoms with Gasteiger partial charge in [0.25, 0.3) is 0 Å². The van der Waals surface area contributed by atoms with Crippen LogP contribution in [0.4, 0.5) is 0 Å². The van der Waals surface area contributed by atoms with Crippen LogP contribution in [0.5, 0.6) is 5.88 Å². The Balaban J connectivity index is 2.55. The van der Waals surface area contributed by atoms with Crippen LogP contribution in [-0.2, 0) is 0 Å². The molecule has 0 aliphatic carbocycles. The van der Waals surface area contributed by atoms with E-state index in [4.69, 9.17) is 0 Å². The highest BCUT2D eigenvalue weighted by Gasteiger charge is 2.06. The Labute approximate surface area is 86.9 Å². The standard InChI is InChI=1S/C11H11NOS/c1-7-3-4-8(2)9(5-7)11-12-10(13)6-14-11/h3-6,13H,1-2H3. The molecule has 0 bridgehead atoms. The van der Waals surface area contributed by atoms with E-state index in [9.17, 15) is 5.11 Å². The Morgan fingerprint density at radius 1 is 1.29 bits per heavy atom. The molecule has 2 aromatic rings. The summed E-state index contributed by atoms with van der Waals surface area (Å²) < 4.78 is 0. The molecule has 0 radical (unpaired) electrons. The van der Waals surface area contributed by atoms with E-state index >= 15 is 0 Å². The largest absolute Gasteiger partial charge is 0.493 e. The van der Waals surface area contributed by atoms with E-state index in [-0.39, 0.29) is 5.88 Å². The van der Waals surface area contributed by atoms with Gasteiger partial charge < -0.3 is 5.11 Å². The summed E-state index contributed by atoms with van der Waals surface area (Å²) in [5.74, 6) is 0.103. The molecular weight excluding hydrogens is 194 g/mol. The highest BCUT2D eigenvalue weighted by molar-refractivity contribution is 7.13. The first-order valence-electron chi connectivity index (χ1n) is 4.39. The summed E-state index contributed by atoms with van der Waals surface area (Å²) >= 11 is 1.46. The van der Waals surface area contributed by atoms with Crippen LogP contribution in [0.1, 0.15) is 11.1 Å². The van der Waals surface area contributed by atoms with Gasteiger partial charge in [-0.25, -0.2) is 4.98 Å². The molecule has 1 N–H and O–H groups in total. The summed E-state index contributed by atoms with van der Waals surface area (Å²) in [4.78, 5) is 4.06. The van der Waals surface area contributed by atoms with Gasteiger partial charge in [-0.3, -0.25) is 0 Å². The van der Waals surface area contributed by atoms with Gasteiger partial charge >= 0.3 is 0 Å². The number of aromatic nitrogens is 1. The number of thiazole rings is 1. The van der Waals surface area contributed by atoms with Crippen LogP contribution in [0, 0.1) is 13.8 Å². The molecule has 0 saturated carbocycles. The van der Waals surface area contributed by atoms with Crippen LogP contribution >= 0.6 is 11.3 Å². The lowest BCUT2D eigenvalue weighted by molar-refractivity contribution is 0.458. The van der Waals surface area contributed by atoms with Crippen LogP contribution in [0.25, 0.3) is 10.6 Å². The first kappa shape index (κ1) is 9.21. The fourth-order valence-electron chi connectivity index (χ4n) is 1.36. The third-order valence-corrected chi connectivity index (χ3v) is 2.98. The zero-order chi connectivity index (χ0) is 10.1. The fraction of sp³-hybridized carbons (Fsp3) is 0.182. The van der Waals surface area contributed by atoms with Gasteiger partial charge in [-0.05, 0) is 25.5 Å². The van der Waals surface area contributed by atoms with E-state index in [0.29, 0.717) is 0 Å². The number of hydrogen-bond donors (Lipinski definition) is 1. The summed E-state index contributed by atoms with van der Waals surface area (Å²) in [5, 5.41) is 11.7. The highest BCUT2D eigenvalue weighted by atomic mass is 32.1. The van der Waals surface area contributed by atoms with Gasteiger partial charge in [-0.1, -0.05) is 17.7 Å². The molecule has 0 spiro atoms. The highest BCUT2D eigenvalue weighted by Crippen LogP contribution is 2.29. The predicted octanol–water partition coefficient (Wildman–Crippen LogP) is 3.13. The number of aryl methyl sites for hydroxylation is 2. The summed E-state index contributed by atoms with van der Waals surface area (Å²) in [6.07, 6.45) is 0. The summed E-state index contributed by atoms with van der Waals surface area (Å²) in [7, 11) is 0. The van der Waals surface area contributed by atoms with Crippen molar-refractivity contribution in [3.05, 3.63) is 34.7 Å². The van der Waals surface area contributed by atoms with Crippen LogP contribution < -0.4 is 0 Å². The van der Waals surface area contributed by atoms with Crippen molar-refractivity contribution in [1.29, 1.82) is 0 Å². The molecule has 2 nitrogen and oxygen atoms in total. The average Bonchev–Trinajstić information content (AvgIpc) is 2.56. The van der Waals surface area contributed by atoms with Crippen LogP contribution in [0.15, 0.2) is 23.6 Å². The Kier molecular flexibility index (Phi) is 2.25. The molecule has 0 aliphatic rings. The third kappa shape index (κ3) is 1.63. The Morgan fingerprint density at radius 3 is 2.71 bits per heavy atom. The summed E-state index contributed by atoms with van der Waals surface area (Å²) in [6, 6.07) is 6.24. The second-order valence-electron chi connectivity index (χ2n) is 3.33. The third-order valence-electron chi connectivity index (χ3n) is 2.12. The number of benzene rings is 1. The summed E-state index contributed by atoms with van der Waals surface area (Å²) in [5.41, 5.74) is 3.50. The van der Waals surface area contributed by atoms with Crippen molar-refractivity contribution in [1.82, 2.24) is 4.98 Å². The molecule has 0 atom stereocenters. The van der Waals surface area contributed by atoms with Gasteiger partial charge in [0.15, 0.2) is 0 Å². The lowest BCUT2D eigenvalue weighted by Gasteiger charge is -2.02. The second-order valence-corrected chi connectivity index (χ2v) is 4.19. The Morgan fingerprint density at radius 2 is 2.07 bits per heavy atom. The molecule has 2 rings (SSSR count). The molecule has 0 amide bonds. The molecule has 0 unspecified atom stereocenters. The van der Waals surface area contributed by atoms with Crippen molar-refractivity contribution in [2.45, 2.75) is 13.8 Å². The molecule has 1 aromatic heterocycles. The SMILES string of the molecule is Cc1ccc(C)c(-c2nc(O)cs2)c1. The quantitative estimate of drug-likeness (QED) is 0.775. The number of hydrogen-bond acceptors (Lipinski definition) is 3. The first-order valence-corrected chi connectivity index (χ1v) is 5.27. The van der Waals surface area contributed by atoms with Crippen molar-refractivity contribution in [2.75, 3.05) is 0 Å². The van der Waals surface area contributed by atoms with Crippen LogP contribution in [0.3, 0.4) is 0 Å². The molecule has 0 aliphatic heterocycles. The minimum Gasteiger partial charge on any atom is -0.493 e. The molecule has 72 valence electrons. The molecule has 14 heavy (non-hydrogen) atoms. The van der Waals surface area contributed by atoms with Crippen molar-refractivity contribution < 1.29 is 5.11 Å². The molecule has 3 heteroatoms. The molecule has 1 aromatic carbocycles. The van der Waals surface area contributed by atoms with Crippen LogP contribution in [-0.4, -0.2) is 10.1 Å². The zero-order valence-corrected chi connectivity index (χ0v) is 8.93. The maximum Gasteiger partial charge on any atom is 0.222 e. The fourth-order valence-corrected chi connectivity index (χ4v) is 2.12. The molecular formula is C11H11NOS. The minimum absolute atomic E-state index is 0.103. The van der Waals surface area contributed by atoms with Gasteiger partial charge in [-0.15, -0.1) is 11.3 Å². The Hall–Kier alpha value is -1.35. The monoisotopic (exact) mass is 205 g/mol. The van der Waals surface area contributed by atoms with Crippen molar-refractivity contribution in [2.24, 2.45) is 0 Å². The van der Waals surface area contributed by atoms with E-state index < -0.39 is 0 Å². The normalized spacial score (nSPS) is 10.4. The first-order chi connectivity index (χ1) is 6.66. The minimum atomic E-state index is 0.103. The van der Waals surface area contributed by atoms with Gasteiger partial charge in [0.05, 0.1) is 5.38 Å². The number of rotatable bonds is 1. The van der Waals surface area contributed by atoms with Crippen molar-refractivity contribution >= 4 is 11.3 Å². The molecule has 1 heterocycles. The Bertz CT molecular complexity index is 462. The predicted molar refractivity (Wildman–Crippen MR) is 58.7 cm³/mol. The number of nitrogens with zero attached hydrogens (tertiary/aromatic N) is 1. The topological polar surface area (TPSA) is 33.1 Å². The van der Waals surface area contributed by atoms with Crippen LogP contribution in [0.2, 0.25) is 0 Å². The van der Waals surface area contributed by atoms with Gasteiger partial charge in [0, 0.05) is 5.56 Å². The molecule has 0 saturated heterocycles. The van der Waals surface area contributed by atoms with E-state index in [1.54, 1.807) is 5.38 Å². The van der Waals surface area contributed by atoms with Gasteiger partial charge in [0.2, 0.25) is 5.88 Å². The zero-order valence-electron chi connectivity index (χ0n) is 8.11. The average molecular weight is 205 g/mol. The maximum absolute atomic E-state index is 9.17. The lowest BCUT2D eigenvalue weighted by Crippen LogP contribution is -1.83. The lowest BCUT2D eigenvalue weighted by atomic mass is 10.1. The van der Waals surface area contributed by atoms with Gasteiger partial charge in [0.1, 0.15) is 5.01 Å². The maximum atomic E-state index is 9.17. The summed E-state index contributed by atoms with van der Waals surface area (Å²) in [6.45, 7) is 4.10.